The van der Waals surface area contributed by atoms with Crippen molar-refractivity contribution < 1.29 is 4.79 Å². The molecular weight excluding hydrogens is 380 g/mol. The molecule has 0 bridgehead atoms. The molecule has 28 heavy (non-hydrogen) atoms. The minimum absolute atomic E-state index is 0.0436. The lowest BCUT2D eigenvalue weighted by Crippen LogP contribution is -2.26. The van der Waals surface area contributed by atoms with E-state index in [0.29, 0.717) is 27.3 Å². The fourth-order valence-electron chi connectivity index (χ4n) is 2.56. The van der Waals surface area contributed by atoms with Gasteiger partial charge in [0.25, 0.3) is 17.0 Å². The molecule has 0 fully saturated rings. The molecule has 140 valence electrons. The van der Waals surface area contributed by atoms with Gasteiger partial charge in [-0.15, -0.1) is 11.3 Å². The molecule has 0 radical (unpaired) electrons. The second kappa shape index (κ2) is 7.16. The summed E-state index contributed by atoms with van der Waals surface area (Å²) >= 11 is 1.14. The van der Waals surface area contributed by atoms with E-state index in [4.69, 9.17) is 0 Å². The lowest BCUT2D eigenvalue weighted by molar-refractivity contribution is 0.0951. The molecule has 10 heteroatoms. The van der Waals surface area contributed by atoms with Crippen LogP contribution in [0.1, 0.15) is 21.7 Å². The smallest absolute Gasteiger partial charge is 0.269 e. The molecule has 3 N–H and O–H groups in total. The fourth-order valence-corrected chi connectivity index (χ4v) is 3.44. The average molecular weight is 394 g/mol. The first kappa shape index (κ1) is 17.7. The molecule has 4 rings (SSSR count). The monoisotopic (exact) mass is 394 g/mol. The first-order valence-electron chi connectivity index (χ1n) is 8.29. The topological polar surface area (TPSA) is 133 Å². The van der Waals surface area contributed by atoms with Crippen molar-refractivity contribution in [1.82, 2.24) is 30.2 Å². The molecule has 0 saturated heterocycles. The zero-order valence-corrected chi connectivity index (χ0v) is 15.5. The Morgan fingerprint density at radius 1 is 1.18 bits per heavy atom. The van der Waals surface area contributed by atoms with Crippen LogP contribution in [0.5, 0.6) is 0 Å². The zero-order chi connectivity index (χ0) is 19.7. The van der Waals surface area contributed by atoms with Crippen molar-refractivity contribution in [3.05, 3.63) is 73.6 Å². The summed E-state index contributed by atoms with van der Waals surface area (Å²) in [6, 6.07) is 5.26. The summed E-state index contributed by atoms with van der Waals surface area (Å²) in [4.78, 5) is 54.6. The van der Waals surface area contributed by atoms with Gasteiger partial charge >= 0.3 is 0 Å². The maximum atomic E-state index is 12.6. The highest BCUT2D eigenvalue weighted by Crippen LogP contribution is 2.23. The predicted molar refractivity (Wildman–Crippen MR) is 104 cm³/mol. The Balaban J connectivity index is 1.65. The summed E-state index contributed by atoms with van der Waals surface area (Å²) in [5, 5.41) is 4.27. The number of rotatable bonds is 4. The van der Waals surface area contributed by atoms with Crippen molar-refractivity contribution >= 4 is 27.5 Å². The van der Waals surface area contributed by atoms with Crippen molar-refractivity contribution in [1.29, 1.82) is 0 Å². The van der Waals surface area contributed by atoms with E-state index in [2.05, 4.69) is 30.2 Å². The Morgan fingerprint density at radius 3 is 2.79 bits per heavy atom. The van der Waals surface area contributed by atoms with Crippen molar-refractivity contribution in [3.8, 4) is 11.5 Å². The maximum absolute atomic E-state index is 12.6. The average Bonchev–Trinajstić information content (AvgIpc) is 3.14. The van der Waals surface area contributed by atoms with Gasteiger partial charge in [-0.1, -0.05) is 6.07 Å². The Labute approximate surface area is 161 Å². The first-order valence-corrected chi connectivity index (χ1v) is 9.17. The number of thiophene rings is 1. The number of aryl methyl sites for hydroxylation is 1. The van der Waals surface area contributed by atoms with Gasteiger partial charge in [-0.2, -0.15) is 0 Å². The summed E-state index contributed by atoms with van der Waals surface area (Å²) in [5.74, 6) is 0.207. The highest BCUT2D eigenvalue weighted by atomic mass is 32.1. The molecule has 0 saturated carbocycles. The molecule has 4 aromatic heterocycles. The highest BCUT2D eigenvalue weighted by molar-refractivity contribution is 7.17. The van der Waals surface area contributed by atoms with Gasteiger partial charge in [-0.25, -0.2) is 9.97 Å². The Hall–Kier alpha value is -3.66. The van der Waals surface area contributed by atoms with Gasteiger partial charge in [0.15, 0.2) is 5.82 Å². The van der Waals surface area contributed by atoms with Crippen LogP contribution >= 0.6 is 11.3 Å². The molecule has 0 aliphatic carbocycles. The third kappa shape index (κ3) is 3.32. The van der Waals surface area contributed by atoms with Gasteiger partial charge < -0.3 is 15.3 Å². The van der Waals surface area contributed by atoms with Crippen LogP contribution in [0.15, 0.2) is 45.6 Å². The van der Waals surface area contributed by atoms with E-state index in [1.165, 1.54) is 6.20 Å². The normalized spacial score (nSPS) is 10.9. The molecule has 0 spiro atoms. The van der Waals surface area contributed by atoms with Gasteiger partial charge in [-0.3, -0.25) is 19.4 Å². The van der Waals surface area contributed by atoms with E-state index in [9.17, 15) is 14.4 Å². The maximum Gasteiger partial charge on any atom is 0.269 e. The van der Waals surface area contributed by atoms with Gasteiger partial charge in [0.05, 0.1) is 12.1 Å². The summed E-state index contributed by atoms with van der Waals surface area (Å²) < 4.78 is 0.353. The SMILES string of the molecule is Cc1cnc(CNC(=O)c2csc3c(=O)[nH]c(-c4ccccn4)nc23)[nH]c1=O. The van der Waals surface area contributed by atoms with Crippen LogP contribution in [0.25, 0.3) is 21.7 Å². The van der Waals surface area contributed by atoms with Crippen LogP contribution in [0.4, 0.5) is 0 Å². The van der Waals surface area contributed by atoms with E-state index in [1.54, 1.807) is 36.7 Å². The lowest BCUT2D eigenvalue weighted by Gasteiger charge is -2.05. The minimum atomic E-state index is -0.417. The largest absolute Gasteiger partial charge is 0.345 e. The first-order chi connectivity index (χ1) is 13.5. The third-order valence-corrected chi connectivity index (χ3v) is 4.99. The number of nitrogens with zero attached hydrogens (tertiary/aromatic N) is 3. The highest BCUT2D eigenvalue weighted by Gasteiger charge is 2.17. The van der Waals surface area contributed by atoms with Crippen LogP contribution in [-0.4, -0.2) is 30.8 Å². The number of fused-ring (bicyclic) bond motifs is 1. The fraction of sp³-hybridized carbons (Fsp3) is 0.111. The lowest BCUT2D eigenvalue weighted by atomic mass is 10.2. The van der Waals surface area contributed by atoms with Gasteiger partial charge in [0.2, 0.25) is 0 Å². The number of amides is 1. The predicted octanol–water partition coefficient (Wildman–Crippen LogP) is 1.37. The second-order valence-electron chi connectivity index (χ2n) is 5.98. The summed E-state index contributed by atoms with van der Waals surface area (Å²) in [6.07, 6.45) is 3.04. The van der Waals surface area contributed by atoms with Gasteiger partial charge in [0, 0.05) is 23.3 Å². The minimum Gasteiger partial charge on any atom is -0.345 e. The molecule has 1 amide bonds. The Kier molecular flexibility index (Phi) is 4.53. The molecule has 0 atom stereocenters. The molecule has 0 aliphatic rings. The number of hydrogen-bond donors (Lipinski definition) is 3. The van der Waals surface area contributed by atoms with Crippen LogP contribution < -0.4 is 16.4 Å². The quantitative estimate of drug-likeness (QED) is 0.479. The second-order valence-corrected chi connectivity index (χ2v) is 6.86. The van der Waals surface area contributed by atoms with Crippen molar-refractivity contribution in [3.63, 3.8) is 0 Å². The van der Waals surface area contributed by atoms with E-state index >= 15 is 0 Å². The molecule has 4 aromatic rings. The van der Waals surface area contributed by atoms with Gasteiger partial charge in [0.1, 0.15) is 21.7 Å². The molecule has 9 nitrogen and oxygen atoms in total. The standard InChI is InChI=1S/C18H14N6O3S/c1-9-6-20-12(22-16(9)25)7-21-17(26)10-8-28-14-13(10)23-15(24-18(14)27)11-4-2-3-5-19-11/h2-6,8H,7H2,1H3,(H,21,26)(H,20,22,25)(H,23,24,27). The number of nitrogens with one attached hydrogen (secondary N) is 3. The van der Waals surface area contributed by atoms with E-state index in [1.807, 2.05) is 0 Å². The summed E-state index contributed by atoms with van der Waals surface area (Å²) in [6.45, 7) is 1.69. The molecule has 4 heterocycles. The number of aromatic amines is 2. The summed E-state index contributed by atoms with van der Waals surface area (Å²) in [5.41, 5.74) is 0.979. The Morgan fingerprint density at radius 2 is 2.04 bits per heavy atom. The molecule has 0 aromatic carbocycles. The number of H-pyrrole nitrogens is 2. The van der Waals surface area contributed by atoms with E-state index in [0.717, 1.165) is 11.3 Å². The van der Waals surface area contributed by atoms with Crippen molar-refractivity contribution in [2.75, 3.05) is 0 Å². The zero-order valence-electron chi connectivity index (χ0n) is 14.6. The number of aromatic nitrogens is 5. The van der Waals surface area contributed by atoms with Crippen LogP contribution in [0, 0.1) is 6.92 Å². The number of pyridine rings is 1. The van der Waals surface area contributed by atoms with E-state index in [-0.39, 0.29) is 29.1 Å². The van der Waals surface area contributed by atoms with Crippen LogP contribution in [0.3, 0.4) is 0 Å². The molecule has 0 unspecified atom stereocenters. The van der Waals surface area contributed by atoms with E-state index < -0.39 is 5.91 Å². The Bertz CT molecular complexity index is 1290. The number of carbonyl (C=O) groups is 1. The molecular formula is C18H14N6O3S. The van der Waals surface area contributed by atoms with Crippen LogP contribution in [-0.2, 0) is 6.54 Å². The molecule has 0 aliphatic heterocycles. The third-order valence-electron chi connectivity index (χ3n) is 4.03. The van der Waals surface area contributed by atoms with Crippen LogP contribution in [0.2, 0.25) is 0 Å². The van der Waals surface area contributed by atoms with Crippen molar-refractivity contribution in [2.24, 2.45) is 0 Å². The van der Waals surface area contributed by atoms with Gasteiger partial charge in [-0.05, 0) is 19.1 Å². The van der Waals surface area contributed by atoms with Crippen molar-refractivity contribution in [2.45, 2.75) is 13.5 Å². The summed E-state index contributed by atoms with van der Waals surface area (Å²) in [7, 11) is 0. The number of carbonyl (C=O) groups excluding carboxylic acids is 1. The number of hydrogen-bond acceptors (Lipinski definition) is 7.